The number of hydrogen-bond donors (Lipinski definition) is 1. The van der Waals surface area contributed by atoms with E-state index in [1.165, 1.54) is 0 Å². The molecule has 3 rings (SSSR count). The van der Waals surface area contributed by atoms with Gasteiger partial charge in [-0.2, -0.15) is 10.2 Å². The molecule has 0 bridgehead atoms. The van der Waals surface area contributed by atoms with Gasteiger partial charge in [-0.3, -0.25) is 0 Å². The molecule has 1 aliphatic heterocycles. The fourth-order valence-corrected chi connectivity index (χ4v) is 3.35. The maximum Gasteiger partial charge on any atom is 0.241 e. The molecule has 2 aromatic rings. The quantitative estimate of drug-likeness (QED) is 0.933. The van der Waals surface area contributed by atoms with Crippen molar-refractivity contribution < 1.29 is 8.42 Å². The highest BCUT2D eigenvalue weighted by atomic mass is 32.2. The Morgan fingerprint density at radius 1 is 1.10 bits per heavy atom. The van der Waals surface area contributed by atoms with Gasteiger partial charge in [-0.25, -0.2) is 13.1 Å². The van der Waals surface area contributed by atoms with Crippen molar-refractivity contribution in [3.8, 4) is 0 Å². The highest BCUT2D eigenvalue weighted by molar-refractivity contribution is 7.89. The van der Waals surface area contributed by atoms with Gasteiger partial charge in [-0.1, -0.05) is 36.4 Å². The topological polar surface area (TPSA) is 70.9 Å². The Morgan fingerprint density at radius 2 is 1.90 bits per heavy atom. The molecule has 1 heterocycles. The van der Waals surface area contributed by atoms with Crippen molar-refractivity contribution in [2.45, 2.75) is 11.3 Å². The molecule has 0 aromatic heterocycles. The van der Waals surface area contributed by atoms with Crippen LogP contribution < -0.4 is 4.72 Å². The number of fused-ring (bicyclic) bond motifs is 1. The van der Waals surface area contributed by atoms with Gasteiger partial charge in [0.15, 0.2) is 0 Å². The van der Waals surface area contributed by atoms with Crippen LogP contribution in [0.3, 0.4) is 0 Å². The van der Waals surface area contributed by atoms with Crippen molar-refractivity contribution in [2.24, 2.45) is 10.2 Å². The first kappa shape index (κ1) is 13.0. The third-order valence-electron chi connectivity index (χ3n) is 3.11. The summed E-state index contributed by atoms with van der Waals surface area (Å²) < 4.78 is 27.4. The first-order valence-corrected chi connectivity index (χ1v) is 7.70. The van der Waals surface area contributed by atoms with Crippen LogP contribution in [0.5, 0.6) is 0 Å². The maximum absolute atomic E-state index is 12.4. The minimum Gasteiger partial charge on any atom is -0.207 e. The highest BCUT2D eigenvalue weighted by Gasteiger charge is 2.17. The summed E-state index contributed by atoms with van der Waals surface area (Å²) in [5.74, 6) is 0. The van der Waals surface area contributed by atoms with E-state index < -0.39 is 10.0 Å². The number of sulfonamides is 1. The van der Waals surface area contributed by atoms with Crippen LogP contribution in [0.25, 0.3) is 10.8 Å². The Kier molecular flexibility index (Phi) is 3.33. The van der Waals surface area contributed by atoms with E-state index in [4.69, 9.17) is 0 Å². The Labute approximate surface area is 117 Å². The molecule has 102 valence electrons. The van der Waals surface area contributed by atoms with Crippen molar-refractivity contribution in [1.29, 1.82) is 0 Å². The lowest BCUT2D eigenvalue weighted by molar-refractivity contribution is 0.587. The summed E-state index contributed by atoms with van der Waals surface area (Å²) >= 11 is 0. The van der Waals surface area contributed by atoms with Crippen LogP contribution in [0, 0.1) is 0 Å². The molecule has 0 saturated heterocycles. The predicted molar refractivity (Wildman–Crippen MR) is 79.7 cm³/mol. The van der Waals surface area contributed by atoms with E-state index in [0.29, 0.717) is 17.5 Å². The monoisotopic (exact) mass is 287 g/mol. The molecule has 0 unspecified atom stereocenters. The van der Waals surface area contributed by atoms with Crippen LogP contribution >= 0.6 is 0 Å². The van der Waals surface area contributed by atoms with Crippen LogP contribution in [0.4, 0.5) is 0 Å². The largest absolute Gasteiger partial charge is 0.241 e. The lowest BCUT2D eigenvalue weighted by Gasteiger charge is -2.09. The lowest BCUT2D eigenvalue weighted by atomic mass is 10.1. The van der Waals surface area contributed by atoms with Crippen LogP contribution in [-0.4, -0.2) is 26.9 Å². The molecular formula is C14H13N3O2S. The molecule has 0 radical (unpaired) electrons. The summed E-state index contributed by atoms with van der Waals surface area (Å²) in [5.41, 5.74) is 0.716. The first-order chi connectivity index (χ1) is 9.67. The summed E-state index contributed by atoms with van der Waals surface area (Å²) in [5, 5.41) is 9.19. The highest BCUT2D eigenvalue weighted by Crippen LogP contribution is 2.22. The second-order valence-electron chi connectivity index (χ2n) is 4.47. The van der Waals surface area contributed by atoms with Crippen molar-refractivity contribution in [2.75, 3.05) is 6.54 Å². The van der Waals surface area contributed by atoms with Gasteiger partial charge in [-0.05, 0) is 11.5 Å². The van der Waals surface area contributed by atoms with Crippen molar-refractivity contribution in [1.82, 2.24) is 4.72 Å². The normalized spacial score (nSPS) is 14.7. The second kappa shape index (κ2) is 5.15. The SMILES string of the molecule is O=S(=O)(NCC1=NN=CC1)c1cccc2ccccc12. The van der Waals surface area contributed by atoms with E-state index >= 15 is 0 Å². The van der Waals surface area contributed by atoms with Gasteiger partial charge in [-0.15, -0.1) is 0 Å². The molecule has 1 aliphatic rings. The lowest BCUT2D eigenvalue weighted by Crippen LogP contribution is -2.29. The maximum atomic E-state index is 12.4. The first-order valence-electron chi connectivity index (χ1n) is 6.21. The number of rotatable bonds is 4. The zero-order valence-corrected chi connectivity index (χ0v) is 11.5. The molecule has 2 aromatic carbocycles. The standard InChI is InChI=1S/C14H13N3O2S/c18-20(19,16-10-12-8-9-15-17-12)14-7-3-5-11-4-1-2-6-13(11)14/h1-7,9,16H,8,10H2. The molecule has 0 spiro atoms. The minimum atomic E-state index is -3.56. The van der Waals surface area contributed by atoms with E-state index in [9.17, 15) is 8.42 Å². The fourth-order valence-electron chi connectivity index (χ4n) is 2.10. The summed E-state index contributed by atoms with van der Waals surface area (Å²) in [6.45, 7) is 0.186. The van der Waals surface area contributed by atoms with Gasteiger partial charge in [0.05, 0.1) is 17.2 Å². The van der Waals surface area contributed by atoms with Crippen LogP contribution in [-0.2, 0) is 10.0 Å². The van der Waals surface area contributed by atoms with Crippen molar-refractivity contribution in [3.05, 3.63) is 42.5 Å². The van der Waals surface area contributed by atoms with E-state index in [1.807, 2.05) is 24.3 Å². The predicted octanol–water partition coefficient (Wildman–Crippen LogP) is 1.95. The average molecular weight is 287 g/mol. The van der Waals surface area contributed by atoms with Gasteiger partial charge in [0.25, 0.3) is 0 Å². The third-order valence-corrected chi connectivity index (χ3v) is 4.57. The van der Waals surface area contributed by atoms with E-state index in [1.54, 1.807) is 24.4 Å². The molecule has 0 fully saturated rings. The van der Waals surface area contributed by atoms with E-state index in [2.05, 4.69) is 14.9 Å². The van der Waals surface area contributed by atoms with Gasteiger partial charge in [0, 0.05) is 18.0 Å². The minimum absolute atomic E-state index is 0.186. The van der Waals surface area contributed by atoms with E-state index in [0.717, 1.165) is 5.39 Å². The number of benzene rings is 2. The van der Waals surface area contributed by atoms with Crippen molar-refractivity contribution in [3.63, 3.8) is 0 Å². The van der Waals surface area contributed by atoms with Crippen LogP contribution in [0.15, 0.2) is 57.6 Å². The molecule has 0 atom stereocenters. The molecule has 1 N–H and O–H groups in total. The zero-order valence-electron chi connectivity index (χ0n) is 10.7. The Bertz CT molecular complexity index is 805. The Balaban J connectivity index is 1.93. The van der Waals surface area contributed by atoms with Gasteiger partial charge in [0.1, 0.15) is 0 Å². The number of hydrogen-bond acceptors (Lipinski definition) is 4. The summed E-state index contributed by atoms with van der Waals surface area (Å²) in [6.07, 6.45) is 2.25. The average Bonchev–Trinajstić information content (AvgIpc) is 2.98. The molecule has 0 amide bonds. The van der Waals surface area contributed by atoms with Crippen molar-refractivity contribution >= 4 is 32.7 Å². The number of nitrogens with one attached hydrogen (secondary N) is 1. The zero-order chi connectivity index (χ0) is 14.0. The Hall–Kier alpha value is -2.05. The van der Waals surface area contributed by atoms with Gasteiger partial charge in [0.2, 0.25) is 10.0 Å². The van der Waals surface area contributed by atoms with Crippen LogP contribution in [0.1, 0.15) is 6.42 Å². The van der Waals surface area contributed by atoms with Gasteiger partial charge < -0.3 is 0 Å². The smallest absolute Gasteiger partial charge is 0.207 e. The van der Waals surface area contributed by atoms with Crippen LogP contribution in [0.2, 0.25) is 0 Å². The van der Waals surface area contributed by atoms with Gasteiger partial charge >= 0.3 is 0 Å². The third kappa shape index (κ3) is 2.48. The molecule has 0 saturated carbocycles. The summed E-state index contributed by atoms with van der Waals surface area (Å²) in [7, 11) is -3.56. The summed E-state index contributed by atoms with van der Waals surface area (Å²) in [6, 6.07) is 12.7. The molecular weight excluding hydrogens is 274 g/mol. The molecule has 6 heteroatoms. The Morgan fingerprint density at radius 3 is 2.70 bits per heavy atom. The second-order valence-corrected chi connectivity index (χ2v) is 6.21. The molecule has 5 nitrogen and oxygen atoms in total. The molecule has 0 aliphatic carbocycles. The number of nitrogens with zero attached hydrogens (tertiary/aromatic N) is 2. The molecule has 20 heavy (non-hydrogen) atoms. The summed E-state index contributed by atoms with van der Waals surface area (Å²) in [4.78, 5) is 0.287. The van der Waals surface area contributed by atoms with E-state index in [-0.39, 0.29) is 11.4 Å². The fraction of sp³-hybridized carbons (Fsp3) is 0.143.